The number of hydrogen-bond donors (Lipinski definition) is 2. The number of rotatable bonds is 8. The molecule has 0 radical (unpaired) electrons. The third kappa shape index (κ3) is 6.11. The van der Waals surface area contributed by atoms with Crippen molar-refractivity contribution in [3.8, 4) is 5.75 Å². The van der Waals surface area contributed by atoms with E-state index in [-0.39, 0.29) is 53.4 Å². The Hall–Kier alpha value is -3.80. The number of nitrogens with zero attached hydrogens (tertiary/aromatic N) is 3. The highest BCUT2D eigenvalue weighted by molar-refractivity contribution is 7.89. The summed E-state index contributed by atoms with van der Waals surface area (Å²) in [5.74, 6) is -0.962. The van der Waals surface area contributed by atoms with Gasteiger partial charge in [-0.1, -0.05) is 31.2 Å². The number of sulfonamides is 1. The van der Waals surface area contributed by atoms with Gasteiger partial charge in [0.25, 0.3) is 11.8 Å². The Balaban J connectivity index is 1.73. The average Bonchev–Trinajstić information content (AvgIpc) is 2.95. The van der Waals surface area contributed by atoms with Gasteiger partial charge in [0, 0.05) is 37.5 Å². The predicted molar refractivity (Wildman–Crippen MR) is 146 cm³/mol. The van der Waals surface area contributed by atoms with Crippen LogP contribution in [0.15, 0.2) is 78.0 Å². The summed E-state index contributed by atoms with van der Waals surface area (Å²) < 4.78 is 34.2. The minimum absolute atomic E-state index is 0.0139. The summed E-state index contributed by atoms with van der Waals surface area (Å²) in [5, 5.41) is 12.7. The van der Waals surface area contributed by atoms with Crippen molar-refractivity contribution in [1.82, 2.24) is 14.2 Å². The van der Waals surface area contributed by atoms with Crippen LogP contribution in [0.1, 0.15) is 34.6 Å². The summed E-state index contributed by atoms with van der Waals surface area (Å²) in [6.07, 6.45) is 2.31. The number of amides is 2. The van der Waals surface area contributed by atoms with E-state index in [0.29, 0.717) is 5.56 Å². The quantitative estimate of drug-likeness (QED) is 0.440. The van der Waals surface area contributed by atoms with Gasteiger partial charge in [0.15, 0.2) is 5.75 Å². The number of hydrogen-bond acceptors (Lipinski definition) is 7. The van der Waals surface area contributed by atoms with Crippen molar-refractivity contribution in [3.63, 3.8) is 0 Å². The highest BCUT2D eigenvalue weighted by Crippen LogP contribution is 2.35. The number of carbonyl (C=O) groups excluding carboxylic acids is 2. The topological polar surface area (TPSA) is 129 Å². The maximum absolute atomic E-state index is 13.6. The molecule has 0 fully saturated rings. The summed E-state index contributed by atoms with van der Waals surface area (Å²) in [6.45, 7) is 3.57. The van der Waals surface area contributed by atoms with Gasteiger partial charge in [0.2, 0.25) is 10.0 Å². The Morgan fingerprint density at radius 2 is 1.85 bits per heavy atom. The van der Waals surface area contributed by atoms with E-state index in [0.717, 1.165) is 0 Å². The van der Waals surface area contributed by atoms with Gasteiger partial charge in [-0.2, -0.15) is 4.31 Å². The minimum atomic E-state index is -3.81. The van der Waals surface area contributed by atoms with Crippen LogP contribution < -0.4 is 10.1 Å². The van der Waals surface area contributed by atoms with Gasteiger partial charge in [-0.05, 0) is 43.3 Å². The molecule has 1 aromatic heterocycles. The number of carbonyl (C=O) groups is 2. The van der Waals surface area contributed by atoms with E-state index < -0.39 is 28.1 Å². The molecule has 206 valence electrons. The fourth-order valence-corrected chi connectivity index (χ4v) is 5.59. The molecular formula is C28H32N4O6S. The largest absolute Gasteiger partial charge is 0.486 e. The van der Waals surface area contributed by atoms with Crippen molar-refractivity contribution in [1.29, 1.82) is 0 Å². The van der Waals surface area contributed by atoms with Crippen molar-refractivity contribution in [2.24, 2.45) is 5.92 Å². The summed E-state index contributed by atoms with van der Waals surface area (Å²) in [7, 11) is -2.33. The predicted octanol–water partition coefficient (Wildman–Crippen LogP) is 2.87. The summed E-state index contributed by atoms with van der Waals surface area (Å²) in [6, 6.07) is 15.6. The molecular weight excluding hydrogens is 520 g/mol. The first-order valence-corrected chi connectivity index (χ1v) is 14.0. The second kappa shape index (κ2) is 11.9. The molecule has 0 saturated carbocycles. The van der Waals surface area contributed by atoms with Crippen LogP contribution in [0.5, 0.6) is 5.75 Å². The van der Waals surface area contributed by atoms with E-state index in [9.17, 15) is 23.1 Å². The van der Waals surface area contributed by atoms with Gasteiger partial charge in [0.05, 0.1) is 35.3 Å². The summed E-state index contributed by atoms with van der Waals surface area (Å²) in [4.78, 5) is 32.2. The maximum Gasteiger partial charge on any atom is 0.258 e. The molecule has 0 spiro atoms. The fourth-order valence-electron chi connectivity index (χ4n) is 4.38. The van der Waals surface area contributed by atoms with Crippen LogP contribution in [-0.4, -0.2) is 78.4 Å². The number of likely N-dealkylation sites (N-methyl/N-ethyl adjacent to an activating group) is 1. The first-order chi connectivity index (χ1) is 18.6. The number of para-hydroxylation sites is 1. The van der Waals surface area contributed by atoms with Crippen molar-refractivity contribution >= 4 is 27.5 Å². The molecule has 2 heterocycles. The number of anilines is 1. The van der Waals surface area contributed by atoms with Gasteiger partial charge < -0.3 is 20.1 Å². The van der Waals surface area contributed by atoms with Crippen LogP contribution in [0.3, 0.4) is 0 Å². The van der Waals surface area contributed by atoms with E-state index in [2.05, 4.69) is 10.3 Å². The lowest BCUT2D eigenvalue weighted by atomic mass is 9.99. The SMILES string of the molecule is C[C@@H]1CN([C@H](C)CO)C(=O)c2cccc(NC(=O)c3ccncc3)c2O[C@@H]1CN(C)S(=O)(=O)c1ccccc1. The zero-order chi connectivity index (χ0) is 28.2. The second-order valence-corrected chi connectivity index (χ2v) is 11.6. The molecule has 1 aliphatic heterocycles. The van der Waals surface area contributed by atoms with Crippen molar-refractivity contribution in [2.75, 3.05) is 32.1 Å². The number of benzene rings is 2. The van der Waals surface area contributed by atoms with Crippen LogP contribution in [0, 0.1) is 5.92 Å². The molecule has 3 aromatic rings. The van der Waals surface area contributed by atoms with Gasteiger partial charge >= 0.3 is 0 Å². The van der Waals surface area contributed by atoms with E-state index in [1.54, 1.807) is 60.4 Å². The molecule has 2 amide bonds. The van der Waals surface area contributed by atoms with E-state index in [1.165, 1.54) is 35.9 Å². The summed E-state index contributed by atoms with van der Waals surface area (Å²) in [5.41, 5.74) is 0.842. The Labute approximate surface area is 228 Å². The van der Waals surface area contributed by atoms with Crippen LogP contribution in [0.2, 0.25) is 0 Å². The first kappa shape index (κ1) is 28.2. The molecule has 0 unspecified atom stereocenters. The van der Waals surface area contributed by atoms with Crippen molar-refractivity contribution in [2.45, 2.75) is 30.9 Å². The standard InChI is InChI=1S/C28H32N4O6S/c1-19-16-32(20(2)18-33)28(35)23-10-7-11-24(30-27(34)21-12-14-29-15-13-21)26(23)38-25(19)17-31(3)39(36,37)22-8-5-4-6-9-22/h4-15,19-20,25,33H,16-18H2,1-3H3,(H,30,34)/t19-,20-,25-/m1/s1. The number of aromatic nitrogens is 1. The molecule has 39 heavy (non-hydrogen) atoms. The molecule has 4 rings (SSSR count). The van der Waals surface area contributed by atoms with Crippen molar-refractivity contribution < 1.29 is 27.9 Å². The molecule has 1 aliphatic rings. The monoisotopic (exact) mass is 552 g/mol. The minimum Gasteiger partial charge on any atom is -0.486 e. The number of fused-ring (bicyclic) bond motifs is 1. The highest BCUT2D eigenvalue weighted by atomic mass is 32.2. The molecule has 2 aromatic carbocycles. The lowest BCUT2D eigenvalue weighted by molar-refractivity contribution is 0.0388. The molecule has 0 bridgehead atoms. The summed E-state index contributed by atoms with van der Waals surface area (Å²) >= 11 is 0. The van der Waals surface area contributed by atoms with Crippen molar-refractivity contribution in [3.05, 3.63) is 84.2 Å². The lowest BCUT2D eigenvalue weighted by Crippen LogP contribution is -2.50. The highest BCUT2D eigenvalue weighted by Gasteiger charge is 2.36. The van der Waals surface area contributed by atoms with Crippen LogP contribution >= 0.6 is 0 Å². The molecule has 3 atom stereocenters. The van der Waals surface area contributed by atoms with E-state index >= 15 is 0 Å². The first-order valence-electron chi connectivity index (χ1n) is 12.6. The molecule has 10 nitrogen and oxygen atoms in total. The average molecular weight is 553 g/mol. The third-order valence-electron chi connectivity index (χ3n) is 6.77. The Kier molecular flexibility index (Phi) is 8.63. The Bertz CT molecular complexity index is 1420. The third-order valence-corrected chi connectivity index (χ3v) is 8.61. The van der Waals surface area contributed by atoms with Crippen LogP contribution in [-0.2, 0) is 10.0 Å². The number of aliphatic hydroxyl groups excluding tert-OH is 1. The number of aliphatic hydroxyl groups is 1. The van der Waals surface area contributed by atoms with Gasteiger partial charge in [0.1, 0.15) is 6.10 Å². The van der Waals surface area contributed by atoms with Crippen LogP contribution in [0.4, 0.5) is 5.69 Å². The van der Waals surface area contributed by atoms with Crippen LogP contribution in [0.25, 0.3) is 0 Å². The zero-order valence-corrected chi connectivity index (χ0v) is 22.8. The smallest absolute Gasteiger partial charge is 0.258 e. The van der Waals surface area contributed by atoms with Gasteiger partial charge in [-0.3, -0.25) is 14.6 Å². The molecule has 2 N–H and O–H groups in total. The van der Waals surface area contributed by atoms with E-state index in [4.69, 9.17) is 4.74 Å². The maximum atomic E-state index is 13.6. The van der Waals surface area contributed by atoms with E-state index in [1.807, 2.05) is 6.92 Å². The fraction of sp³-hybridized carbons (Fsp3) is 0.321. The number of ether oxygens (including phenoxy) is 1. The molecule has 0 aliphatic carbocycles. The second-order valence-electron chi connectivity index (χ2n) is 9.59. The van der Waals surface area contributed by atoms with Gasteiger partial charge in [-0.15, -0.1) is 0 Å². The number of pyridine rings is 1. The molecule has 11 heteroatoms. The molecule has 0 saturated heterocycles. The van der Waals surface area contributed by atoms with Gasteiger partial charge in [-0.25, -0.2) is 8.42 Å². The normalized spacial score (nSPS) is 18.5. The Morgan fingerprint density at radius 1 is 1.15 bits per heavy atom. The number of nitrogens with one attached hydrogen (secondary N) is 1. The lowest BCUT2D eigenvalue weighted by Gasteiger charge is -2.38. The Morgan fingerprint density at radius 3 is 2.51 bits per heavy atom. The zero-order valence-electron chi connectivity index (χ0n) is 22.0.